The lowest BCUT2D eigenvalue weighted by Gasteiger charge is -2.10. The van der Waals surface area contributed by atoms with Crippen LogP contribution in [-0.4, -0.2) is 17.4 Å². The highest BCUT2D eigenvalue weighted by Crippen LogP contribution is 2.15. The molecule has 0 fully saturated rings. The summed E-state index contributed by atoms with van der Waals surface area (Å²) in [6, 6.07) is 1.59. The van der Waals surface area contributed by atoms with Gasteiger partial charge < -0.3 is 4.74 Å². The van der Waals surface area contributed by atoms with E-state index in [0.29, 0.717) is 10.0 Å². The van der Waals surface area contributed by atoms with Gasteiger partial charge in [0.25, 0.3) is 5.56 Å². The highest BCUT2D eigenvalue weighted by Gasteiger charge is 2.27. The summed E-state index contributed by atoms with van der Waals surface area (Å²) >= 11 is 3.14. The van der Waals surface area contributed by atoms with Gasteiger partial charge in [-0.3, -0.25) is 9.36 Å². The van der Waals surface area contributed by atoms with Gasteiger partial charge in [0.1, 0.15) is 13.3 Å². The van der Waals surface area contributed by atoms with Crippen molar-refractivity contribution in [2.45, 2.75) is 19.8 Å². The van der Waals surface area contributed by atoms with Gasteiger partial charge in [-0.25, -0.2) is 0 Å². The van der Waals surface area contributed by atoms with Crippen LogP contribution in [0, 0.1) is 6.92 Å². The highest BCUT2D eigenvalue weighted by atomic mass is 79.9. The molecule has 0 saturated heterocycles. The Balaban J connectivity index is 2.71. The van der Waals surface area contributed by atoms with E-state index in [1.807, 2.05) is 0 Å². The molecule has 1 aromatic heterocycles. The number of nitrogens with zero attached hydrogens (tertiary/aromatic N) is 1. The van der Waals surface area contributed by atoms with Crippen LogP contribution in [0.2, 0.25) is 0 Å². The molecule has 16 heavy (non-hydrogen) atoms. The predicted octanol–water partition coefficient (Wildman–Crippen LogP) is 2.46. The Morgan fingerprint density at radius 1 is 1.50 bits per heavy atom. The zero-order chi connectivity index (χ0) is 12.3. The average molecular weight is 300 g/mol. The molecule has 0 amide bonds. The number of aromatic nitrogens is 1. The molecule has 0 spiro atoms. The Kier molecular flexibility index (Phi) is 4.15. The monoisotopic (exact) mass is 299 g/mol. The minimum Gasteiger partial charge on any atom is -0.351 e. The van der Waals surface area contributed by atoms with E-state index in [1.54, 1.807) is 13.0 Å². The van der Waals surface area contributed by atoms with Gasteiger partial charge >= 0.3 is 6.18 Å². The fourth-order valence-electron chi connectivity index (χ4n) is 1.10. The second-order valence-electron chi connectivity index (χ2n) is 3.21. The van der Waals surface area contributed by atoms with Crippen LogP contribution < -0.4 is 5.56 Å². The zero-order valence-electron chi connectivity index (χ0n) is 8.34. The van der Waals surface area contributed by atoms with Gasteiger partial charge in [0.15, 0.2) is 0 Å². The van der Waals surface area contributed by atoms with Crippen molar-refractivity contribution >= 4 is 15.9 Å². The van der Waals surface area contributed by atoms with Crippen molar-refractivity contribution in [2.24, 2.45) is 0 Å². The van der Waals surface area contributed by atoms with E-state index in [2.05, 4.69) is 20.7 Å². The van der Waals surface area contributed by atoms with Crippen molar-refractivity contribution in [2.75, 3.05) is 6.61 Å². The summed E-state index contributed by atoms with van der Waals surface area (Å²) in [4.78, 5) is 11.5. The smallest absolute Gasteiger partial charge is 0.351 e. The Morgan fingerprint density at radius 2 is 2.12 bits per heavy atom. The van der Waals surface area contributed by atoms with Crippen LogP contribution in [0.5, 0.6) is 0 Å². The minimum atomic E-state index is -4.38. The molecule has 7 heteroatoms. The molecule has 0 aliphatic carbocycles. The van der Waals surface area contributed by atoms with Gasteiger partial charge in [0.2, 0.25) is 0 Å². The quantitative estimate of drug-likeness (QED) is 0.858. The molecular weight excluding hydrogens is 291 g/mol. The third kappa shape index (κ3) is 3.97. The summed E-state index contributed by atoms with van der Waals surface area (Å²) in [6.07, 6.45) is -3.00. The molecule has 0 N–H and O–H groups in total. The largest absolute Gasteiger partial charge is 0.411 e. The van der Waals surface area contributed by atoms with Crippen molar-refractivity contribution in [3.8, 4) is 0 Å². The van der Waals surface area contributed by atoms with E-state index in [4.69, 9.17) is 0 Å². The number of hydrogen-bond acceptors (Lipinski definition) is 2. The van der Waals surface area contributed by atoms with Crippen molar-refractivity contribution in [1.82, 2.24) is 4.57 Å². The fourth-order valence-corrected chi connectivity index (χ4v) is 1.69. The second kappa shape index (κ2) is 5.01. The normalized spacial score (nSPS) is 11.8. The van der Waals surface area contributed by atoms with Crippen LogP contribution in [0.3, 0.4) is 0 Å². The zero-order valence-corrected chi connectivity index (χ0v) is 9.93. The Hall–Kier alpha value is -0.820. The lowest BCUT2D eigenvalue weighted by Crippen LogP contribution is -2.25. The molecule has 90 valence electrons. The maximum absolute atomic E-state index is 11.8. The first-order valence-corrected chi connectivity index (χ1v) is 5.10. The first-order chi connectivity index (χ1) is 7.29. The molecule has 0 saturated carbocycles. The Labute approximate surface area is 98.0 Å². The summed E-state index contributed by atoms with van der Waals surface area (Å²) in [7, 11) is 0. The molecule has 1 heterocycles. The number of ether oxygens (including phenoxy) is 1. The summed E-state index contributed by atoms with van der Waals surface area (Å²) < 4.78 is 41.5. The van der Waals surface area contributed by atoms with Crippen molar-refractivity contribution in [3.05, 3.63) is 32.7 Å². The van der Waals surface area contributed by atoms with E-state index >= 15 is 0 Å². The lowest BCUT2D eigenvalue weighted by molar-refractivity contribution is -0.182. The molecule has 3 nitrogen and oxygen atoms in total. The SMILES string of the molecule is Cc1cc(Br)cn(COCC(F)(F)F)c1=O. The van der Waals surface area contributed by atoms with Crippen LogP contribution in [0.15, 0.2) is 21.5 Å². The third-order valence-electron chi connectivity index (χ3n) is 1.73. The molecular formula is C9H9BrF3NO2. The number of alkyl halides is 3. The molecule has 0 radical (unpaired) electrons. The topological polar surface area (TPSA) is 31.2 Å². The summed E-state index contributed by atoms with van der Waals surface area (Å²) in [5.41, 5.74) is 0.0651. The van der Waals surface area contributed by atoms with Crippen LogP contribution in [0.4, 0.5) is 13.2 Å². The summed E-state index contributed by atoms with van der Waals surface area (Å²) in [5, 5.41) is 0. The number of rotatable bonds is 3. The van der Waals surface area contributed by atoms with E-state index in [1.165, 1.54) is 6.20 Å². The van der Waals surface area contributed by atoms with Gasteiger partial charge in [0.05, 0.1) is 0 Å². The third-order valence-corrected chi connectivity index (χ3v) is 2.16. The van der Waals surface area contributed by atoms with Crippen LogP contribution >= 0.6 is 15.9 Å². The van der Waals surface area contributed by atoms with Crippen LogP contribution in [-0.2, 0) is 11.5 Å². The lowest BCUT2D eigenvalue weighted by atomic mass is 10.3. The van der Waals surface area contributed by atoms with Crippen LogP contribution in [0.1, 0.15) is 5.56 Å². The Bertz CT molecular complexity index is 428. The molecule has 1 rings (SSSR count). The summed E-state index contributed by atoms with van der Waals surface area (Å²) in [6.45, 7) is -0.211. The number of aryl methyl sites for hydroxylation is 1. The van der Waals surface area contributed by atoms with Crippen LogP contribution in [0.25, 0.3) is 0 Å². The van der Waals surface area contributed by atoms with Gasteiger partial charge in [0, 0.05) is 16.2 Å². The second-order valence-corrected chi connectivity index (χ2v) is 4.12. The fraction of sp³-hybridized carbons (Fsp3) is 0.444. The first-order valence-electron chi connectivity index (χ1n) is 4.31. The van der Waals surface area contributed by atoms with Gasteiger partial charge in [-0.05, 0) is 28.9 Å². The minimum absolute atomic E-state index is 0.370. The molecule has 0 aromatic carbocycles. The van der Waals surface area contributed by atoms with Gasteiger partial charge in [-0.2, -0.15) is 13.2 Å². The first kappa shape index (κ1) is 13.2. The maximum Gasteiger partial charge on any atom is 0.411 e. The molecule has 0 bridgehead atoms. The van der Waals surface area contributed by atoms with Crippen molar-refractivity contribution in [3.63, 3.8) is 0 Å². The van der Waals surface area contributed by atoms with E-state index in [9.17, 15) is 18.0 Å². The maximum atomic E-state index is 11.8. The van der Waals surface area contributed by atoms with E-state index in [-0.39, 0.29) is 5.56 Å². The molecule has 0 atom stereocenters. The predicted molar refractivity (Wildman–Crippen MR) is 55.1 cm³/mol. The average Bonchev–Trinajstić information content (AvgIpc) is 2.11. The molecule has 0 unspecified atom stereocenters. The van der Waals surface area contributed by atoms with E-state index < -0.39 is 19.5 Å². The number of pyridine rings is 1. The van der Waals surface area contributed by atoms with E-state index in [0.717, 1.165) is 4.57 Å². The number of hydrogen-bond donors (Lipinski definition) is 0. The van der Waals surface area contributed by atoms with Gasteiger partial charge in [-0.1, -0.05) is 0 Å². The standard InChI is InChI=1S/C9H9BrF3NO2/c1-6-2-7(10)3-14(8(6)15)5-16-4-9(11,12)13/h2-3H,4-5H2,1H3. The highest BCUT2D eigenvalue weighted by molar-refractivity contribution is 9.10. The molecule has 1 aromatic rings. The Morgan fingerprint density at radius 3 is 2.69 bits per heavy atom. The van der Waals surface area contributed by atoms with Gasteiger partial charge in [-0.15, -0.1) is 0 Å². The number of halogens is 4. The molecule has 0 aliphatic rings. The molecule has 0 aliphatic heterocycles. The summed E-state index contributed by atoms with van der Waals surface area (Å²) in [5.74, 6) is 0. The van der Waals surface area contributed by atoms with Crippen molar-refractivity contribution < 1.29 is 17.9 Å². The van der Waals surface area contributed by atoms with Crippen molar-refractivity contribution in [1.29, 1.82) is 0 Å².